The second-order valence-electron chi connectivity index (χ2n) is 4.25. The van der Waals surface area contributed by atoms with Crippen LogP contribution in [-0.4, -0.2) is 40.3 Å². The van der Waals surface area contributed by atoms with Gasteiger partial charge in [0.05, 0.1) is 11.1 Å². The second kappa shape index (κ2) is 8.79. The molecule has 5 nitrogen and oxygen atoms in total. The third-order valence-electron chi connectivity index (χ3n) is 2.46. The highest BCUT2D eigenvalue weighted by Gasteiger charge is 2.11. The van der Waals surface area contributed by atoms with Crippen LogP contribution in [0.25, 0.3) is 0 Å². The molecule has 2 rings (SSSR count). The van der Waals surface area contributed by atoms with Crippen molar-refractivity contribution in [2.24, 2.45) is 0 Å². The number of hydrogen-bond donors (Lipinski definition) is 2. The monoisotopic (exact) mass is 379 g/mol. The normalized spacial score (nSPS) is 12.2. The van der Waals surface area contributed by atoms with E-state index in [1.807, 2.05) is 6.92 Å². The van der Waals surface area contributed by atoms with Crippen LogP contribution >= 0.6 is 46.3 Å². The van der Waals surface area contributed by atoms with E-state index in [0.717, 1.165) is 16.0 Å². The molecule has 0 bridgehead atoms. The molecule has 0 fully saturated rings. The molecule has 0 radical (unpaired) electrons. The SMILES string of the molecule is CCNc1nnc(SCC(O)COc2cc(Cl)ccc2Cl)s1. The van der Waals surface area contributed by atoms with Gasteiger partial charge in [0.1, 0.15) is 12.4 Å². The number of halogens is 2. The lowest BCUT2D eigenvalue weighted by molar-refractivity contribution is 0.126. The molecule has 0 spiro atoms. The molecule has 120 valence electrons. The average molecular weight is 380 g/mol. The quantitative estimate of drug-likeness (QED) is 0.679. The van der Waals surface area contributed by atoms with Crippen LogP contribution in [0.3, 0.4) is 0 Å². The predicted octanol–water partition coefficient (Wildman–Crippen LogP) is 3.81. The second-order valence-corrected chi connectivity index (χ2v) is 7.34. The van der Waals surface area contributed by atoms with Gasteiger partial charge in [-0.1, -0.05) is 46.3 Å². The van der Waals surface area contributed by atoms with E-state index in [1.54, 1.807) is 18.2 Å². The van der Waals surface area contributed by atoms with Crippen LogP contribution in [0.2, 0.25) is 10.0 Å². The molecule has 2 N–H and O–H groups in total. The van der Waals surface area contributed by atoms with E-state index in [4.69, 9.17) is 27.9 Å². The summed E-state index contributed by atoms with van der Waals surface area (Å²) >= 11 is 14.8. The van der Waals surface area contributed by atoms with Gasteiger partial charge in [-0.3, -0.25) is 0 Å². The number of hydrogen-bond acceptors (Lipinski definition) is 7. The molecule has 1 aromatic carbocycles. The first-order valence-corrected chi connectivity index (χ1v) is 9.10. The van der Waals surface area contributed by atoms with E-state index in [1.165, 1.54) is 23.1 Å². The molecule has 22 heavy (non-hydrogen) atoms. The van der Waals surface area contributed by atoms with Gasteiger partial charge in [-0.05, 0) is 19.1 Å². The zero-order valence-corrected chi connectivity index (χ0v) is 14.9. The standard InChI is InChI=1S/C13H15Cl2N3O2S2/c1-2-16-12-17-18-13(22-12)21-7-9(19)6-20-11-5-8(14)3-4-10(11)15/h3-5,9,19H,2,6-7H2,1H3,(H,16,17). The average Bonchev–Trinajstić information content (AvgIpc) is 2.94. The molecule has 0 amide bonds. The molecule has 1 heterocycles. The fraction of sp³-hybridized carbons (Fsp3) is 0.385. The molecule has 9 heteroatoms. The maximum Gasteiger partial charge on any atom is 0.206 e. The molecule has 1 aromatic heterocycles. The summed E-state index contributed by atoms with van der Waals surface area (Å²) in [6.45, 7) is 2.93. The molecule has 0 saturated carbocycles. The van der Waals surface area contributed by atoms with Crippen LogP contribution < -0.4 is 10.1 Å². The Bertz CT molecular complexity index is 613. The Balaban J connectivity index is 1.77. The van der Waals surface area contributed by atoms with Crippen LogP contribution in [0, 0.1) is 0 Å². The van der Waals surface area contributed by atoms with E-state index in [-0.39, 0.29) is 6.61 Å². The van der Waals surface area contributed by atoms with Gasteiger partial charge in [0.25, 0.3) is 0 Å². The van der Waals surface area contributed by atoms with Gasteiger partial charge in [-0.25, -0.2) is 0 Å². The number of ether oxygens (including phenoxy) is 1. The van der Waals surface area contributed by atoms with Gasteiger partial charge < -0.3 is 15.2 Å². The molecule has 1 atom stereocenters. The maximum atomic E-state index is 9.96. The lowest BCUT2D eigenvalue weighted by Gasteiger charge is -2.12. The summed E-state index contributed by atoms with van der Waals surface area (Å²) in [6, 6.07) is 4.96. The van der Waals surface area contributed by atoms with Crippen molar-refractivity contribution in [1.82, 2.24) is 10.2 Å². The molecule has 0 saturated heterocycles. The van der Waals surface area contributed by atoms with Crippen molar-refractivity contribution in [3.63, 3.8) is 0 Å². The highest BCUT2D eigenvalue weighted by molar-refractivity contribution is 8.01. The third kappa shape index (κ3) is 5.48. The van der Waals surface area contributed by atoms with Crippen molar-refractivity contribution >= 4 is 51.4 Å². The Morgan fingerprint density at radius 1 is 1.41 bits per heavy atom. The Morgan fingerprint density at radius 3 is 3.00 bits per heavy atom. The number of nitrogens with one attached hydrogen (secondary N) is 1. The molecular weight excluding hydrogens is 365 g/mol. The van der Waals surface area contributed by atoms with Crippen LogP contribution in [0.5, 0.6) is 5.75 Å². The molecule has 0 aliphatic rings. The first-order valence-electron chi connectivity index (χ1n) is 6.54. The maximum absolute atomic E-state index is 9.96. The predicted molar refractivity (Wildman–Crippen MR) is 92.8 cm³/mol. The smallest absolute Gasteiger partial charge is 0.206 e. The largest absolute Gasteiger partial charge is 0.489 e. The summed E-state index contributed by atoms with van der Waals surface area (Å²) < 4.78 is 6.29. The van der Waals surface area contributed by atoms with E-state index in [0.29, 0.717) is 21.5 Å². The number of aromatic nitrogens is 2. The first-order chi connectivity index (χ1) is 10.6. The number of aliphatic hydroxyl groups is 1. The summed E-state index contributed by atoms with van der Waals surface area (Å²) in [6.07, 6.45) is -0.647. The van der Waals surface area contributed by atoms with Gasteiger partial charge in [-0.2, -0.15) is 0 Å². The molecular formula is C13H15Cl2N3O2S2. The van der Waals surface area contributed by atoms with Crippen molar-refractivity contribution in [3.05, 3.63) is 28.2 Å². The van der Waals surface area contributed by atoms with Gasteiger partial charge in [0.15, 0.2) is 4.34 Å². The van der Waals surface area contributed by atoms with Crippen molar-refractivity contribution < 1.29 is 9.84 Å². The summed E-state index contributed by atoms with van der Waals surface area (Å²) in [5.41, 5.74) is 0. The van der Waals surface area contributed by atoms with E-state index in [9.17, 15) is 5.11 Å². The Hall–Kier alpha value is -0.730. The van der Waals surface area contributed by atoms with Gasteiger partial charge in [0.2, 0.25) is 5.13 Å². The Kier molecular flexibility index (Phi) is 7.04. The summed E-state index contributed by atoms with van der Waals surface area (Å²) in [5, 5.41) is 22.8. The topological polar surface area (TPSA) is 67.3 Å². The van der Waals surface area contributed by atoms with Crippen LogP contribution in [0.15, 0.2) is 22.5 Å². The minimum atomic E-state index is -0.647. The fourth-order valence-electron chi connectivity index (χ4n) is 1.48. The van der Waals surface area contributed by atoms with Crippen LogP contribution in [-0.2, 0) is 0 Å². The molecule has 0 aliphatic carbocycles. The Morgan fingerprint density at radius 2 is 2.23 bits per heavy atom. The number of nitrogens with zero attached hydrogens (tertiary/aromatic N) is 2. The number of aliphatic hydroxyl groups excluding tert-OH is 1. The Labute approximate surface area is 147 Å². The zero-order valence-electron chi connectivity index (χ0n) is 11.8. The third-order valence-corrected chi connectivity index (χ3v) is 5.16. The van der Waals surface area contributed by atoms with Crippen molar-refractivity contribution in [1.29, 1.82) is 0 Å². The fourth-order valence-corrected chi connectivity index (χ4v) is 3.57. The zero-order chi connectivity index (χ0) is 15.9. The minimum Gasteiger partial charge on any atom is -0.489 e. The summed E-state index contributed by atoms with van der Waals surface area (Å²) in [7, 11) is 0. The lowest BCUT2D eigenvalue weighted by atomic mass is 10.3. The number of thioether (sulfide) groups is 1. The van der Waals surface area contributed by atoms with Crippen LogP contribution in [0.1, 0.15) is 6.92 Å². The summed E-state index contributed by atoms with van der Waals surface area (Å²) in [5.74, 6) is 0.919. The van der Waals surface area contributed by atoms with E-state index < -0.39 is 6.10 Å². The van der Waals surface area contributed by atoms with Crippen molar-refractivity contribution in [2.75, 3.05) is 24.2 Å². The van der Waals surface area contributed by atoms with Crippen molar-refractivity contribution in [3.8, 4) is 5.75 Å². The van der Waals surface area contributed by atoms with E-state index >= 15 is 0 Å². The van der Waals surface area contributed by atoms with Gasteiger partial charge in [-0.15, -0.1) is 10.2 Å². The lowest BCUT2D eigenvalue weighted by Crippen LogP contribution is -2.20. The first kappa shape index (κ1) is 17.6. The number of rotatable bonds is 8. The van der Waals surface area contributed by atoms with Crippen LogP contribution in [0.4, 0.5) is 5.13 Å². The number of benzene rings is 1. The molecule has 1 unspecified atom stereocenters. The van der Waals surface area contributed by atoms with Crippen molar-refractivity contribution in [2.45, 2.75) is 17.4 Å². The number of anilines is 1. The molecule has 2 aromatic rings. The van der Waals surface area contributed by atoms with Gasteiger partial charge >= 0.3 is 0 Å². The minimum absolute atomic E-state index is 0.131. The van der Waals surface area contributed by atoms with E-state index in [2.05, 4.69) is 15.5 Å². The molecule has 0 aliphatic heterocycles. The highest BCUT2D eigenvalue weighted by atomic mass is 35.5. The van der Waals surface area contributed by atoms with Gasteiger partial charge in [0, 0.05) is 23.4 Å². The summed E-state index contributed by atoms with van der Waals surface area (Å²) in [4.78, 5) is 0. The highest BCUT2D eigenvalue weighted by Crippen LogP contribution is 2.29.